The average molecular weight is 342 g/mol. The third kappa shape index (κ3) is 3.38. The molecule has 134 valence electrons. The predicted octanol–water partition coefficient (Wildman–Crippen LogP) is 2.00. The Morgan fingerprint density at radius 2 is 1.84 bits per heavy atom. The SMILES string of the molecule is Cc1cc(=O)cc(C)n1CC(=O)N1CCc2c(cnn2C(C)(C)C)C1. The number of carbonyl (C=O) groups excluding carboxylic acids is 1. The van der Waals surface area contributed by atoms with E-state index in [-0.39, 0.29) is 23.4 Å². The zero-order valence-electron chi connectivity index (χ0n) is 15.7. The van der Waals surface area contributed by atoms with Crippen LogP contribution < -0.4 is 5.43 Å². The van der Waals surface area contributed by atoms with Crippen molar-refractivity contribution in [3.63, 3.8) is 0 Å². The van der Waals surface area contributed by atoms with Gasteiger partial charge >= 0.3 is 0 Å². The van der Waals surface area contributed by atoms with Crippen molar-refractivity contribution in [3.05, 3.63) is 51.2 Å². The first-order valence-electron chi connectivity index (χ1n) is 8.69. The summed E-state index contributed by atoms with van der Waals surface area (Å²) in [6, 6.07) is 3.14. The number of amides is 1. The molecule has 0 fully saturated rings. The Morgan fingerprint density at radius 3 is 2.44 bits per heavy atom. The van der Waals surface area contributed by atoms with E-state index in [1.807, 2.05) is 29.5 Å². The first-order valence-corrected chi connectivity index (χ1v) is 8.69. The molecule has 3 rings (SSSR count). The third-order valence-corrected chi connectivity index (χ3v) is 4.77. The van der Waals surface area contributed by atoms with Crippen molar-refractivity contribution in [2.75, 3.05) is 6.54 Å². The van der Waals surface area contributed by atoms with Gasteiger partial charge in [-0.1, -0.05) is 0 Å². The summed E-state index contributed by atoms with van der Waals surface area (Å²) >= 11 is 0. The van der Waals surface area contributed by atoms with Crippen LogP contribution in [-0.2, 0) is 29.8 Å². The molecule has 6 nitrogen and oxygen atoms in total. The number of aromatic nitrogens is 3. The van der Waals surface area contributed by atoms with Crippen LogP contribution in [0.25, 0.3) is 0 Å². The van der Waals surface area contributed by atoms with Gasteiger partial charge in [0.2, 0.25) is 5.91 Å². The van der Waals surface area contributed by atoms with Crippen molar-refractivity contribution in [3.8, 4) is 0 Å². The van der Waals surface area contributed by atoms with Crippen molar-refractivity contribution in [2.24, 2.45) is 0 Å². The van der Waals surface area contributed by atoms with Crippen molar-refractivity contribution in [1.29, 1.82) is 0 Å². The second-order valence-electron chi connectivity index (χ2n) is 7.82. The number of aryl methyl sites for hydroxylation is 2. The second kappa shape index (κ2) is 6.17. The number of carbonyl (C=O) groups is 1. The summed E-state index contributed by atoms with van der Waals surface area (Å²) < 4.78 is 3.97. The maximum Gasteiger partial charge on any atom is 0.242 e. The van der Waals surface area contributed by atoms with Crippen LogP contribution >= 0.6 is 0 Å². The van der Waals surface area contributed by atoms with Gasteiger partial charge in [0.05, 0.1) is 11.7 Å². The van der Waals surface area contributed by atoms with E-state index in [9.17, 15) is 9.59 Å². The predicted molar refractivity (Wildman–Crippen MR) is 96.5 cm³/mol. The molecule has 0 N–H and O–H groups in total. The molecule has 0 saturated carbocycles. The number of fused-ring (bicyclic) bond motifs is 1. The largest absolute Gasteiger partial charge is 0.340 e. The lowest BCUT2D eigenvalue weighted by atomic mass is 10.0. The minimum absolute atomic E-state index is 0.0177. The average Bonchev–Trinajstić information content (AvgIpc) is 2.93. The quantitative estimate of drug-likeness (QED) is 0.839. The van der Waals surface area contributed by atoms with Crippen LogP contribution in [-0.4, -0.2) is 31.7 Å². The van der Waals surface area contributed by atoms with E-state index in [1.54, 1.807) is 12.1 Å². The van der Waals surface area contributed by atoms with E-state index < -0.39 is 0 Å². The molecular weight excluding hydrogens is 316 g/mol. The van der Waals surface area contributed by atoms with Crippen molar-refractivity contribution in [1.82, 2.24) is 19.2 Å². The Bertz CT molecular complexity index is 844. The standard InChI is InChI=1S/C19H26N4O2/c1-13-8-16(24)9-14(2)22(13)12-18(25)21-7-6-17-15(11-21)10-20-23(17)19(3,4)5/h8-10H,6-7,11-12H2,1-5H3. The van der Waals surface area contributed by atoms with Crippen LogP contribution in [0.15, 0.2) is 23.1 Å². The summed E-state index contributed by atoms with van der Waals surface area (Å²) in [5, 5.41) is 4.52. The summed E-state index contributed by atoms with van der Waals surface area (Å²) in [5.74, 6) is 0.0732. The zero-order valence-corrected chi connectivity index (χ0v) is 15.7. The van der Waals surface area contributed by atoms with Crippen LogP contribution in [0.2, 0.25) is 0 Å². The minimum Gasteiger partial charge on any atom is -0.340 e. The Hall–Kier alpha value is -2.37. The van der Waals surface area contributed by atoms with Crippen molar-refractivity contribution in [2.45, 2.75) is 59.7 Å². The Labute approximate surface area is 148 Å². The number of hydrogen-bond acceptors (Lipinski definition) is 3. The van der Waals surface area contributed by atoms with Crippen LogP contribution in [0.4, 0.5) is 0 Å². The lowest BCUT2D eigenvalue weighted by Crippen LogP contribution is -2.39. The molecule has 1 aliphatic heterocycles. The smallest absolute Gasteiger partial charge is 0.242 e. The zero-order chi connectivity index (χ0) is 18.4. The van der Waals surface area contributed by atoms with Gasteiger partial charge in [-0.15, -0.1) is 0 Å². The van der Waals surface area contributed by atoms with Gasteiger partial charge in [-0.2, -0.15) is 5.10 Å². The van der Waals surface area contributed by atoms with E-state index in [0.717, 1.165) is 23.4 Å². The number of rotatable bonds is 2. The van der Waals surface area contributed by atoms with Gasteiger partial charge in [0.15, 0.2) is 5.43 Å². The number of nitrogens with zero attached hydrogens (tertiary/aromatic N) is 4. The lowest BCUT2D eigenvalue weighted by molar-refractivity contribution is -0.132. The highest BCUT2D eigenvalue weighted by atomic mass is 16.2. The first-order chi connectivity index (χ1) is 11.7. The summed E-state index contributed by atoms with van der Waals surface area (Å²) in [6.07, 6.45) is 2.70. The molecule has 3 heterocycles. The fraction of sp³-hybridized carbons (Fsp3) is 0.526. The Balaban J connectivity index is 1.78. The summed E-state index contributed by atoms with van der Waals surface area (Å²) in [7, 11) is 0. The van der Waals surface area contributed by atoms with Crippen LogP contribution in [0.5, 0.6) is 0 Å². The molecule has 0 saturated heterocycles. The van der Waals surface area contributed by atoms with Crippen LogP contribution in [0.3, 0.4) is 0 Å². The molecule has 1 amide bonds. The van der Waals surface area contributed by atoms with Gasteiger partial charge < -0.3 is 9.47 Å². The molecular formula is C19H26N4O2. The monoisotopic (exact) mass is 342 g/mol. The van der Waals surface area contributed by atoms with E-state index in [2.05, 4.69) is 30.6 Å². The molecule has 25 heavy (non-hydrogen) atoms. The van der Waals surface area contributed by atoms with E-state index in [4.69, 9.17) is 0 Å². The molecule has 1 aliphatic rings. The molecule has 2 aromatic heterocycles. The molecule has 6 heteroatoms. The molecule has 0 bridgehead atoms. The molecule has 0 atom stereocenters. The molecule has 0 aliphatic carbocycles. The van der Waals surface area contributed by atoms with Gasteiger partial charge in [0.1, 0.15) is 6.54 Å². The van der Waals surface area contributed by atoms with Gasteiger partial charge in [-0.05, 0) is 34.6 Å². The van der Waals surface area contributed by atoms with Gasteiger partial charge in [-0.3, -0.25) is 14.3 Å². The van der Waals surface area contributed by atoms with Gasteiger partial charge in [0.25, 0.3) is 0 Å². The van der Waals surface area contributed by atoms with Crippen LogP contribution in [0, 0.1) is 13.8 Å². The summed E-state index contributed by atoms with van der Waals surface area (Å²) in [4.78, 5) is 26.2. The van der Waals surface area contributed by atoms with E-state index in [0.29, 0.717) is 13.1 Å². The topological polar surface area (TPSA) is 60.1 Å². The highest BCUT2D eigenvalue weighted by Crippen LogP contribution is 2.24. The molecule has 0 unspecified atom stereocenters. The van der Waals surface area contributed by atoms with Gasteiger partial charge in [0, 0.05) is 54.3 Å². The first kappa shape index (κ1) is 17.5. The Kier molecular flexibility index (Phi) is 4.31. The fourth-order valence-electron chi connectivity index (χ4n) is 3.49. The third-order valence-electron chi connectivity index (χ3n) is 4.77. The molecule has 2 aromatic rings. The lowest BCUT2D eigenvalue weighted by Gasteiger charge is -2.30. The fourth-order valence-corrected chi connectivity index (χ4v) is 3.49. The highest BCUT2D eigenvalue weighted by Gasteiger charge is 2.27. The second-order valence-corrected chi connectivity index (χ2v) is 7.82. The maximum atomic E-state index is 12.8. The van der Waals surface area contributed by atoms with E-state index >= 15 is 0 Å². The van der Waals surface area contributed by atoms with Gasteiger partial charge in [-0.25, -0.2) is 0 Å². The maximum absolute atomic E-state index is 12.8. The normalized spacial score (nSPS) is 14.5. The van der Waals surface area contributed by atoms with Crippen molar-refractivity contribution >= 4 is 5.91 Å². The van der Waals surface area contributed by atoms with E-state index in [1.165, 1.54) is 5.69 Å². The summed E-state index contributed by atoms with van der Waals surface area (Å²) in [5.41, 5.74) is 3.92. The minimum atomic E-state index is -0.0517. The Morgan fingerprint density at radius 1 is 1.20 bits per heavy atom. The van der Waals surface area contributed by atoms with Crippen molar-refractivity contribution < 1.29 is 4.79 Å². The molecule has 0 radical (unpaired) electrons. The molecule has 0 aromatic carbocycles. The number of pyridine rings is 1. The summed E-state index contributed by atoms with van der Waals surface area (Å²) in [6.45, 7) is 11.7. The molecule has 0 spiro atoms. The van der Waals surface area contributed by atoms with Crippen LogP contribution in [0.1, 0.15) is 43.4 Å². The highest BCUT2D eigenvalue weighted by molar-refractivity contribution is 5.76. The number of hydrogen-bond donors (Lipinski definition) is 0.